The van der Waals surface area contributed by atoms with Crippen LogP contribution in [0.5, 0.6) is 0 Å². The number of alkyl halides is 3. The van der Waals surface area contributed by atoms with Crippen molar-refractivity contribution < 1.29 is 23.1 Å². The van der Waals surface area contributed by atoms with Crippen molar-refractivity contribution in [2.45, 2.75) is 20.0 Å². The van der Waals surface area contributed by atoms with Crippen LogP contribution < -0.4 is 5.32 Å². The lowest BCUT2D eigenvalue weighted by molar-refractivity contribution is -0.137. The lowest BCUT2D eigenvalue weighted by Crippen LogP contribution is -2.12. The normalized spacial score (nSPS) is 11.2. The van der Waals surface area contributed by atoms with E-state index in [1.807, 2.05) is 0 Å². The van der Waals surface area contributed by atoms with Crippen molar-refractivity contribution in [3.8, 4) is 0 Å². The van der Waals surface area contributed by atoms with Crippen molar-refractivity contribution in [3.63, 3.8) is 0 Å². The first-order chi connectivity index (χ1) is 11.1. The Morgan fingerprint density at radius 3 is 2.29 bits per heavy atom. The number of hydrogen-bond acceptors (Lipinski definition) is 4. The van der Waals surface area contributed by atoms with Crippen molar-refractivity contribution in [1.82, 2.24) is 4.98 Å². The average Bonchev–Trinajstić information content (AvgIpc) is 2.45. The molecule has 0 spiro atoms. The van der Waals surface area contributed by atoms with E-state index in [9.17, 15) is 23.1 Å². The van der Waals surface area contributed by atoms with Crippen LogP contribution in [-0.4, -0.2) is 21.8 Å². The number of rotatable bonds is 4. The maximum Gasteiger partial charge on any atom is 0.416 e. The molecule has 1 aromatic heterocycles. The van der Waals surface area contributed by atoms with Crippen LogP contribution in [0.1, 0.15) is 34.1 Å². The van der Waals surface area contributed by atoms with E-state index < -0.39 is 17.7 Å². The summed E-state index contributed by atoms with van der Waals surface area (Å²) in [4.78, 5) is 15.5. The molecule has 3 N–H and O–H groups in total. The van der Waals surface area contributed by atoms with Crippen LogP contribution in [-0.2, 0) is 6.18 Å². The second-order valence-electron chi connectivity index (χ2n) is 5.17. The third-order valence-corrected chi connectivity index (χ3v) is 3.23. The van der Waals surface area contributed by atoms with E-state index in [2.05, 4.69) is 10.3 Å². The van der Waals surface area contributed by atoms with Crippen LogP contribution in [0.2, 0.25) is 0 Å². The van der Waals surface area contributed by atoms with Gasteiger partial charge in [-0.1, -0.05) is 0 Å². The van der Waals surface area contributed by atoms with Gasteiger partial charge in [0.25, 0.3) is 0 Å². The van der Waals surface area contributed by atoms with Gasteiger partial charge in [0.2, 0.25) is 0 Å². The Hall–Kier alpha value is -2.90. The summed E-state index contributed by atoms with van der Waals surface area (Å²) in [5, 5.41) is 19.8. The number of anilines is 2. The molecule has 2 aromatic rings. The van der Waals surface area contributed by atoms with Crippen LogP contribution in [0, 0.1) is 12.3 Å². The number of hydrogen-bond donors (Lipinski definition) is 3. The Bertz CT molecular complexity index is 799. The van der Waals surface area contributed by atoms with Gasteiger partial charge >= 0.3 is 12.1 Å². The Kier molecular flexibility index (Phi) is 4.59. The molecule has 1 aromatic carbocycles. The van der Waals surface area contributed by atoms with Gasteiger partial charge in [0.05, 0.1) is 16.7 Å². The second kappa shape index (κ2) is 6.31. The summed E-state index contributed by atoms with van der Waals surface area (Å²) >= 11 is 0. The van der Waals surface area contributed by atoms with Crippen molar-refractivity contribution in [2.24, 2.45) is 0 Å². The largest absolute Gasteiger partial charge is 0.478 e. The quantitative estimate of drug-likeness (QED) is 0.729. The molecule has 0 radical (unpaired) electrons. The molecule has 0 bridgehead atoms. The predicted molar refractivity (Wildman–Crippen MR) is 83.2 cm³/mol. The molecule has 5 nitrogen and oxygen atoms in total. The third-order valence-electron chi connectivity index (χ3n) is 3.23. The summed E-state index contributed by atoms with van der Waals surface area (Å²) in [5.41, 5.74) is -0.0987. The van der Waals surface area contributed by atoms with Gasteiger partial charge in [-0.2, -0.15) is 13.2 Å². The van der Waals surface area contributed by atoms with E-state index >= 15 is 0 Å². The highest BCUT2D eigenvalue weighted by Gasteiger charge is 2.30. The van der Waals surface area contributed by atoms with Crippen LogP contribution in [0.4, 0.5) is 24.7 Å². The molecule has 24 heavy (non-hydrogen) atoms. The standard InChI is InChI=1S/C16H14F3N3O2/c1-8-7-12(15(23)24)13(9(2)20)14(21-8)22-11-5-3-10(4-6-11)16(17,18)19/h3-7,20H,1-2H3,(H,21,22)(H,23,24). The van der Waals surface area contributed by atoms with Crippen LogP contribution in [0.15, 0.2) is 30.3 Å². The zero-order valence-electron chi connectivity index (χ0n) is 12.8. The summed E-state index contributed by atoms with van der Waals surface area (Å²) in [6.07, 6.45) is -4.44. The molecular weight excluding hydrogens is 323 g/mol. The van der Waals surface area contributed by atoms with E-state index in [4.69, 9.17) is 5.41 Å². The third kappa shape index (κ3) is 3.70. The molecule has 0 unspecified atom stereocenters. The van der Waals surface area contributed by atoms with Crippen LogP contribution in [0.3, 0.4) is 0 Å². The van der Waals surface area contributed by atoms with E-state index in [1.54, 1.807) is 6.92 Å². The maximum atomic E-state index is 12.6. The molecule has 1 heterocycles. The van der Waals surface area contributed by atoms with Gasteiger partial charge in [0.15, 0.2) is 0 Å². The number of carbonyl (C=O) groups is 1. The second-order valence-corrected chi connectivity index (χ2v) is 5.17. The molecule has 0 fully saturated rings. The van der Waals surface area contributed by atoms with E-state index in [1.165, 1.54) is 25.1 Å². The first kappa shape index (κ1) is 17.5. The van der Waals surface area contributed by atoms with Gasteiger partial charge in [-0.3, -0.25) is 0 Å². The molecule has 0 saturated carbocycles. The highest BCUT2D eigenvalue weighted by Crippen LogP contribution is 2.31. The number of aryl methyl sites for hydroxylation is 1. The number of carboxylic acid groups (broad SMARTS) is 1. The Morgan fingerprint density at radius 2 is 1.83 bits per heavy atom. The van der Waals surface area contributed by atoms with E-state index in [-0.39, 0.29) is 22.7 Å². The fourth-order valence-electron chi connectivity index (χ4n) is 2.19. The maximum absolute atomic E-state index is 12.6. The lowest BCUT2D eigenvalue weighted by atomic mass is 10.0. The van der Waals surface area contributed by atoms with E-state index in [0.29, 0.717) is 11.4 Å². The molecule has 126 valence electrons. The van der Waals surface area contributed by atoms with Gasteiger partial charge in [-0.25, -0.2) is 9.78 Å². The molecule has 0 aliphatic heterocycles. The number of aromatic carboxylic acids is 1. The Morgan fingerprint density at radius 1 is 1.25 bits per heavy atom. The highest BCUT2D eigenvalue weighted by atomic mass is 19.4. The molecule has 0 amide bonds. The number of benzene rings is 1. The van der Waals surface area contributed by atoms with Crippen molar-refractivity contribution in [3.05, 3.63) is 52.7 Å². The van der Waals surface area contributed by atoms with Gasteiger partial charge in [0, 0.05) is 17.1 Å². The minimum atomic E-state index is -4.44. The summed E-state index contributed by atoms with van der Waals surface area (Å²) in [5.74, 6) is -1.10. The number of aromatic nitrogens is 1. The minimum absolute atomic E-state index is 0.0192. The molecule has 8 heteroatoms. The number of nitrogens with zero attached hydrogens (tertiary/aromatic N) is 1. The summed E-state index contributed by atoms with van der Waals surface area (Å²) in [6.45, 7) is 3.00. The summed E-state index contributed by atoms with van der Waals surface area (Å²) in [6, 6.07) is 5.60. The zero-order chi connectivity index (χ0) is 18.1. The minimum Gasteiger partial charge on any atom is -0.478 e. The molecule has 0 aliphatic carbocycles. The van der Waals surface area contributed by atoms with Gasteiger partial charge in [0.1, 0.15) is 5.82 Å². The topological polar surface area (TPSA) is 86.1 Å². The highest BCUT2D eigenvalue weighted by molar-refractivity contribution is 6.09. The summed E-state index contributed by atoms with van der Waals surface area (Å²) in [7, 11) is 0. The van der Waals surface area contributed by atoms with Gasteiger partial charge in [-0.15, -0.1) is 0 Å². The Balaban J connectivity index is 2.46. The molecular formula is C16H14F3N3O2. The van der Waals surface area contributed by atoms with Crippen LogP contribution >= 0.6 is 0 Å². The predicted octanol–water partition coefficient (Wildman–Crippen LogP) is 4.24. The Labute approximate surface area is 135 Å². The average molecular weight is 337 g/mol. The van der Waals surface area contributed by atoms with Crippen molar-refractivity contribution in [1.29, 1.82) is 5.41 Å². The zero-order valence-corrected chi connectivity index (χ0v) is 12.8. The smallest absolute Gasteiger partial charge is 0.416 e. The number of halogens is 3. The van der Waals surface area contributed by atoms with Gasteiger partial charge < -0.3 is 15.8 Å². The molecule has 2 rings (SSSR count). The number of carboxylic acids is 1. The molecule has 0 aliphatic rings. The fourth-order valence-corrected chi connectivity index (χ4v) is 2.19. The first-order valence-corrected chi connectivity index (χ1v) is 6.84. The van der Waals surface area contributed by atoms with E-state index in [0.717, 1.165) is 12.1 Å². The lowest BCUT2D eigenvalue weighted by Gasteiger charge is -2.14. The van der Waals surface area contributed by atoms with Crippen molar-refractivity contribution in [2.75, 3.05) is 5.32 Å². The van der Waals surface area contributed by atoms with Crippen molar-refractivity contribution >= 4 is 23.2 Å². The SMILES string of the molecule is CC(=N)c1c(C(=O)O)cc(C)nc1Nc1ccc(C(F)(F)F)cc1. The molecule has 0 saturated heterocycles. The first-order valence-electron chi connectivity index (χ1n) is 6.84. The fraction of sp³-hybridized carbons (Fsp3) is 0.188. The molecule has 0 atom stereocenters. The van der Waals surface area contributed by atoms with Gasteiger partial charge in [-0.05, 0) is 44.2 Å². The summed E-state index contributed by atoms with van der Waals surface area (Å²) < 4.78 is 37.8. The number of nitrogens with one attached hydrogen (secondary N) is 2. The van der Waals surface area contributed by atoms with Crippen LogP contribution in [0.25, 0.3) is 0 Å². The monoisotopic (exact) mass is 337 g/mol. The number of pyridine rings is 1.